The summed E-state index contributed by atoms with van der Waals surface area (Å²) in [5.41, 5.74) is -0.773. The molecule has 5 nitrogen and oxygen atoms in total. The Morgan fingerprint density at radius 1 is 1.44 bits per heavy atom. The van der Waals surface area contributed by atoms with Crippen LogP contribution in [0.4, 0.5) is 5.82 Å². The quantitative estimate of drug-likeness (QED) is 0.857. The van der Waals surface area contributed by atoms with Crippen molar-refractivity contribution in [2.24, 2.45) is 0 Å². The van der Waals surface area contributed by atoms with Gasteiger partial charge in [0.1, 0.15) is 5.82 Å². The van der Waals surface area contributed by atoms with Crippen molar-refractivity contribution in [3.63, 3.8) is 0 Å². The highest BCUT2D eigenvalue weighted by molar-refractivity contribution is 6.33. The maximum Gasteiger partial charge on any atom is 0.356 e. The molecule has 1 aliphatic rings. The predicted octanol–water partition coefficient (Wildman–Crippen LogP) is 1.78. The first-order chi connectivity index (χ1) is 8.39. The molecule has 0 saturated carbocycles. The Balaban J connectivity index is 2.20. The molecular formula is C12H15ClN2O3. The fraction of sp³-hybridized carbons (Fsp3) is 0.500. The van der Waals surface area contributed by atoms with Crippen LogP contribution in [0.5, 0.6) is 0 Å². The van der Waals surface area contributed by atoms with E-state index in [9.17, 15) is 9.90 Å². The lowest BCUT2D eigenvalue weighted by atomic mass is 9.94. The van der Waals surface area contributed by atoms with Gasteiger partial charge in [0.2, 0.25) is 0 Å². The van der Waals surface area contributed by atoms with E-state index in [0.717, 1.165) is 0 Å². The number of piperidine rings is 1. The molecule has 1 aromatic rings. The number of hydrogen-bond acceptors (Lipinski definition) is 4. The van der Waals surface area contributed by atoms with E-state index in [1.165, 1.54) is 0 Å². The summed E-state index contributed by atoms with van der Waals surface area (Å²) in [6, 6.07) is 3.24. The minimum atomic E-state index is -1.13. The SMILES string of the molecule is CC1(O)CCN(c2ccc(Cl)c(C(=O)O)n2)CC1. The molecule has 0 spiro atoms. The Morgan fingerprint density at radius 2 is 2.06 bits per heavy atom. The van der Waals surface area contributed by atoms with Crippen LogP contribution in [0.1, 0.15) is 30.3 Å². The summed E-state index contributed by atoms with van der Waals surface area (Å²) in [6.07, 6.45) is 1.28. The zero-order chi connectivity index (χ0) is 13.3. The lowest BCUT2D eigenvalue weighted by Gasteiger charge is -2.36. The van der Waals surface area contributed by atoms with Crippen molar-refractivity contribution in [3.8, 4) is 0 Å². The molecule has 1 saturated heterocycles. The fourth-order valence-electron chi connectivity index (χ4n) is 1.98. The third-order valence-corrected chi connectivity index (χ3v) is 3.50. The number of nitrogens with zero attached hydrogens (tertiary/aromatic N) is 2. The van der Waals surface area contributed by atoms with Crippen molar-refractivity contribution in [3.05, 3.63) is 22.8 Å². The summed E-state index contributed by atoms with van der Waals surface area (Å²) in [6.45, 7) is 3.11. The van der Waals surface area contributed by atoms with Gasteiger partial charge in [-0.2, -0.15) is 0 Å². The topological polar surface area (TPSA) is 73.7 Å². The Hall–Kier alpha value is -1.33. The number of aromatic nitrogens is 1. The zero-order valence-electron chi connectivity index (χ0n) is 10.1. The van der Waals surface area contributed by atoms with Gasteiger partial charge in [-0.05, 0) is 31.9 Å². The summed E-state index contributed by atoms with van der Waals surface area (Å²) >= 11 is 5.77. The molecule has 2 heterocycles. The predicted molar refractivity (Wildman–Crippen MR) is 68.3 cm³/mol. The van der Waals surface area contributed by atoms with Crippen molar-refractivity contribution in [2.75, 3.05) is 18.0 Å². The molecule has 0 unspecified atom stereocenters. The summed E-state index contributed by atoms with van der Waals surface area (Å²) < 4.78 is 0. The van der Waals surface area contributed by atoms with Crippen molar-refractivity contribution < 1.29 is 15.0 Å². The Bertz CT molecular complexity index is 466. The van der Waals surface area contributed by atoms with Crippen LogP contribution in [0, 0.1) is 0 Å². The first-order valence-corrected chi connectivity index (χ1v) is 6.14. The molecule has 0 radical (unpaired) electrons. The molecule has 2 N–H and O–H groups in total. The maximum absolute atomic E-state index is 11.0. The molecule has 1 fully saturated rings. The van der Waals surface area contributed by atoms with E-state index in [2.05, 4.69) is 4.98 Å². The number of carboxylic acids is 1. The highest BCUT2D eigenvalue weighted by atomic mass is 35.5. The van der Waals surface area contributed by atoms with Crippen LogP contribution < -0.4 is 4.90 Å². The zero-order valence-corrected chi connectivity index (χ0v) is 10.8. The number of aliphatic hydroxyl groups is 1. The van der Waals surface area contributed by atoms with Crippen LogP contribution in [0.25, 0.3) is 0 Å². The highest BCUT2D eigenvalue weighted by Crippen LogP contribution is 2.26. The van der Waals surface area contributed by atoms with Crippen molar-refractivity contribution >= 4 is 23.4 Å². The standard InChI is InChI=1S/C12H15ClN2O3/c1-12(18)4-6-15(7-5-12)9-3-2-8(13)10(14-9)11(16)17/h2-3,18H,4-7H2,1H3,(H,16,17). The minimum Gasteiger partial charge on any atom is -0.476 e. The van der Waals surface area contributed by atoms with E-state index in [1.807, 2.05) is 11.8 Å². The minimum absolute atomic E-state index is 0.133. The Morgan fingerprint density at radius 3 is 2.61 bits per heavy atom. The molecular weight excluding hydrogens is 256 g/mol. The molecule has 1 aromatic heterocycles. The van der Waals surface area contributed by atoms with Gasteiger partial charge in [-0.1, -0.05) is 11.6 Å². The van der Waals surface area contributed by atoms with Crippen molar-refractivity contribution in [2.45, 2.75) is 25.4 Å². The summed E-state index contributed by atoms with van der Waals surface area (Å²) in [5.74, 6) is -0.543. The molecule has 0 amide bonds. The van der Waals surface area contributed by atoms with Gasteiger partial charge in [0, 0.05) is 13.1 Å². The summed E-state index contributed by atoms with van der Waals surface area (Å²) in [7, 11) is 0. The van der Waals surface area contributed by atoms with Gasteiger partial charge < -0.3 is 15.1 Å². The molecule has 0 aromatic carbocycles. The van der Waals surface area contributed by atoms with Gasteiger partial charge in [-0.3, -0.25) is 0 Å². The van der Waals surface area contributed by atoms with Gasteiger partial charge in [0.05, 0.1) is 10.6 Å². The van der Waals surface area contributed by atoms with E-state index < -0.39 is 11.6 Å². The summed E-state index contributed by atoms with van der Waals surface area (Å²) in [4.78, 5) is 17.0. The molecule has 6 heteroatoms. The lowest BCUT2D eigenvalue weighted by molar-refractivity contribution is 0.0349. The number of rotatable bonds is 2. The largest absolute Gasteiger partial charge is 0.476 e. The van der Waals surface area contributed by atoms with Gasteiger partial charge in [0.15, 0.2) is 5.69 Å². The van der Waals surface area contributed by atoms with E-state index >= 15 is 0 Å². The fourth-order valence-corrected chi connectivity index (χ4v) is 2.16. The third-order valence-electron chi connectivity index (χ3n) is 3.20. The Kier molecular flexibility index (Phi) is 3.45. The molecule has 2 rings (SSSR count). The van der Waals surface area contributed by atoms with Crippen LogP contribution in [0.2, 0.25) is 5.02 Å². The number of hydrogen-bond donors (Lipinski definition) is 2. The van der Waals surface area contributed by atoms with Gasteiger partial charge >= 0.3 is 5.97 Å². The lowest BCUT2D eigenvalue weighted by Crippen LogP contribution is -2.42. The molecule has 0 aliphatic carbocycles. The maximum atomic E-state index is 11.0. The van der Waals surface area contributed by atoms with E-state index in [1.54, 1.807) is 12.1 Å². The molecule has 1 aliphatic heterocycles. The number of anilines is 1. The van der Waals surface area contributed by atoms with Crippen LogP contribution in [0.3, 0.4) is 0 Å². The van der Waals surface area contributed by atoms with Crippen LogP contribution in [0.15, 0.2) is 12.1 Å². The first kappa shape index (κ1) is 13.1. The van der Waals surface area contributed by atoms with Crippen LogP contribution in [-0.2, 0) is 0 Å². The van der Waals surface area contributed by atoms with E-state index in [-0.39, 0.29) is 10.7 Å². The number of carboxylic acid groups (broad SMARTS) is 1. The monoisotopic (exact) mass is 270 g/mol. The van der Waals surface area contributed by atoms with Crippen LogP contribution in [-0.4, -0.2) is 39.9 Å². The molecule has 18 heavy (non-hydrogen) atoms. The second kappa shape index (κ2) is 4.74. The van der Waals surface area contributed by atoms with Gasteiger partial charge in [-0.25, -0.2) is 9.78 Å². The second-order valence-electron chi connectivity index (χ2n) is 4.79. The third kappa shape index (κ3) is 2.73. The average Bonchev–Trinajstić information content (AvgIpc) is 2.30. The first-order valence-electron chi connectivity index (χ1n) is 5.76. The van der Waals surface area contributed by atoms with Crippen molar-refractivity contribution in [1.82, 2.24) is 4.98 Å². The van der Waals surface area contributed by atoms with E-state index in [0.29, 0.717) is 31.7 Å². The highest BCUT2D eigenvalue weighted by Gasteiger charge is 2.28. The Labute approximate surface area is 110 Å². The molecule has 0 bridgehead atoms. The van der Waals surface area contributed by atoms with E-state index in [4.69, 9.17) is 16.7 Å². The molecule has 0 atom stereocenters. The number of halogens is 1. The molecule has 98 valence electrons. The normalized spacial score (nSPS) is 18.7. The van der Waals surface area contributed by atoms with Gasteiger partial charge in [0.25, 0.3) is 0 Å². The average molecular weight is 271 g/mol. The van der Waals surface area contributed by atoms with Gasteiger partial charge in [-0.15, -0.1) is 0 Å². The number of aromatic carboxylic acids is 1. The number of carbonyl (C=O) groups is 1. The van der Waals surface area contributed by atoms with Crippen LogP contribution >= 0.6 is 11.6 Å². The number of pyridine rings is 1. The van der Waals surface area contributed by atoms with Crippen molar-refractivity contribution in [1.29, 1.82) is 0 Å². The summed E-state index contributed by atoms with van der Waals surface area (Å²) in [5, 5.41) is 19.0. The smallest absolute Gasteiger partial charge is 0.356 e. The second-order valence-corrected chi connectivity index (χ2v) is 5.20.